The molecule has 1 aromatic carbocycles. The first kappa shape index (κ1) is 12.4. The minimum absolute atomic E-state index is 0.00774. The van der Waals surface area contributed by atoms with Gasteiger partial charge >= 0.3 is 0 Å². The van der Waals surface area contributed by atoms with Gasteiger partial charge in [0.2, 0.25) is 0 Å². The summed E-state index contributed by atoms with van der Waals surface area (Å²) in [4.78, 5) is 1.65. The third kappa shape index (κ3) is 2.68. The van der Waals surface area contributed by atoms with E-state index in [2.05, 4.69) is 15.9 Å². The van der Waals surface area contributed by atoms with Crippen LogP contribution in [-0.4, -0.2) is 25.3 Å². The van der Waals surface area contributed by atoms with Crippen LogP contribution >= 0.6 is 15.9 Å². The highest BCUT2D eigenvalue weighted by Gasteiger charge is 2.12. The Balaban J connectivity index is 3.06. The molecule has 0 fully saturated rings. The largest absolute Gasteiger partial charge is 0.395 e. The lowest BCUT2D eigenvalue weighted by Gasteiger charge is -2.20. The molecule has 3 N–H and O–H groups in total. The van der Waals surface area contributed by atoms with Crippen molar-refractivity contribution in [2.24, 2.45) is 5.73 Å². The molecule has 15 heavy (non-hydrogen) atoms. The molecule has 0 atom stereocenters. The molecule has 1 rings (SSSR count). The van der Waals surface area contributed by atoms with Gasteiger partial charge in [-0.2, -0.15) is 0 Å². The second kappa shape index (κ2) is 5.44. The van der Waals surface area contributed by atoms with E-state index in [0.717, 1.165) is 5.56 Å². The van der Waals surface area contributed by atoms with Gasteiger partial charge in [0, 0.05) is 20.1 Å². The van der Waals surface area contributed by atoms with Crippen LogP contribution in [0.5, 0.6) is 0 Å². The van der Waals surface area contributed by atoms with Crippen molar-refractivity contribution in [2.45, 2.75) is 6.54 Å². The van der Waals surface area contributed by atoms with Gasteiger partial charge in [-0.3, -0.25) is 0 Å². The summed E-state index contributed by atoms with van der Waals surface area (Å²) < 4.78 is 14.2. The SMILES string of the molecule is CN(CCO)c1ccc(CN)c(Br)c1F. The van der Waals surface area contributed by atoms with Crippen LogP contribution in [0.1, 0.15) is 5.56 Å². The summed E-state index contributed by atoms with van der Waals surface area (Å²) in [6.07, 6.45) is 0. The van der Waals surface area contributed by atoms with Gasteiger partial charge in [0.05, 0.1) is 16.8 Å². The summed E-state index contributed by atoms with van der Waals surface area (Å²) in [6, 6.07) is 3.44. The Hall–Kier alpha value is -0.650. The first-order valence-corrected chi connectivity index (χ1v) is 5.40. The fourth-order valence-electron chi connectivity index (χ4n) is 1.30. The van der Waals surface area contributed by atoms with Crippen molar-refractivity contribution in [2.75, 3.05) is 25.1 Å². The lowest BCUT2D eigenvalue weighted by Crippen LogP contribution is -2.22. The molecule has 0 aliphatic rings. The molecule has 0 unspecified atom stereocenters. The monoisotopic (exact) mass is 276 g/mol. The Morgan fingerprint density at radius 3 is 2.73 bits per heavy atom. The van der Waals surface area contributed by atoms with Crippen molar-refractivity contribution < 1.29 is 9.50 Å². The molecule has 0 aliphatic carbocycles. The van der Waals surface area contributed by atoms with Crippen LogP contribution in [0, 0.1) is 5.82 Å². The Labute approximate surface area is 96.8 Å². The third-order valence-electron chi connectivity index (χ3n) is 2.21. The summed E-state index contributed by atoms with van der Waals surface area (Å²) in [5, 5.41) is 8.76. The molecule has 0 heterocycles. The van der Waals surface area contributed by atoms with Crippen LogP contribution in [0.25, 0.3) is 0 Å². The fraction of sp³-hybridized carbons (Fsp3) is 0.400. The standard InChI is InChI=1S/C10H14BrFN2O/c1-14(4-5-15)8-3-2-7(6-13)9(11)10(8)12/h2-3,15H,4-6,13H2,1H3. The van der Waals surface area contributed by atoms with Crippen LogP contribution in [0.4, 0.5) is 10.1 Å². The topological polar surface area (TPSA) is 49.5 Å². The second-order valence-electron chi connectivity index (χ2n) is 3.22. The van der Waals surface area contributed by atoms with E-state index >= 15 is 0 Å². The minimum Gasteiger partial charge on any atom is -0.395 e. The molecule has 5 heteroatoms. The number of likely N-dealkylation sites (N-methyl/N-ethyl adjacent to an activating group) is 1. The first-order valence-electron chi connectivity index (χ1n) is 4.60. The predicted octanol–water partition coefficient (Wildman–Crippen LogP) is 1.48. The number of nitrogens with zero attached hydrogens (tertiary/aromatic N) is 1. The zero-order chi connectivity index (χ0) is 11.4. The Bertz CT molecular complexity index is 346. The summed E-state index contributed by atoms with van der Waals surface area (Å²) in [6.45, 7) is 0.680. The molecule has 0 spiro atoms. The van der Waals surface area contributed by atoms with Gasteiger partial charge in [-0.05, 0) is 27.6 Å². The molecule has 0 amide bonds. The predicted molar refractivity (Wildman–Crippen MR) is 62.3 cm³/mol. The smallest absolute Gasteiger partial charge is 0.160 e. The number of aliphatic hydroxyl groups is 1. The van der Waals surface area contributed by atoms with Gasteiger partial charge in [-0.1, -0.05) is 6.07 Å². The Morgan fingerprint density at radius 2 is 2.20 bits per heavy atom. The molecule has 84 valence electrons. The highest BCUT2D eigenvalue weighted by atomic mass is 79.9. The van der Waals surface area contributed by atoms with E-state index in [-0.39, 0.29) is 12.4 Å². The van der Waals surface area contributed by atoms with Crippen molar-refractivity contribution in [3.8, 4) is 0 Å². The fourth-order valence-corrected chi connectivity index (χ4v) is 1.80. The Morgan fingerprint density at radius 1 is 1.53 bits per heavy atom. The first-order chi connectivity index (χ1) is 7.11. The number of nitrogens with two attached hydrogens (primary N) is 1. The van der Waals surface area contributed by atoms with E-state index in [0.29, 0.717) is 23.2 Å². The second-order valence-corrected chi connectivity index (χ2v) is 4.01. The number of halogens is 2. The maximum absolute atomic E-state index is 13.8. The van der Waals surface area contributed by atoms with Gasteiger partial charge in [-0.25, -0.2) is 4.39 Å². The highest BCUT2D eigenvalue weighted by molar-refractivity contribution is 9.10. The quantitative estimate of drug-likeness (QED) is 0.876. The van der Waals surface area contributed by atoms with E-state index in [1.54, 1.807) is 24.1 Å². The van der Waals surface area contributed by atoms with E-state index in [1.807, 2.05) is 0 Å². The number of anilines is 1. The molecule has 0 bridgehead atoms. The summed E-state index contributed by atoms with van der Waals surface area (Å²) in [5.74, 6) is -0.339. The number of hydrogen-bond acceptors (Lipinski definition) is 3. The maximum atomic E-state index is 13.8. The molecular formula is C10H14BrFN2O. The molecule has 0 saturated heterocycles. The van der Waals surface area contributed by atoms with Crippen LogP contribution in [0.3, 0.4) is 0 Å². The van der Waals surface area contributed by atoms with Gasteiger partial charge in [-0.15, -0.1) is 0 Å². The lowest BCUT2D eigenvalue weighted by molar-refractivity contribution is 0.303. The van der Waals surface area contributed by atoms with Crippen LogP contribution in [0.2, 0.25) is 0 Å². The zero-order valence-corrected chi connectivity index (χ0v) is 10.1. The van der Waals surface area contributed by atoms with Crippen molar-refractivity contribution in [1.29, 1.82) is 0 Å². The van der Waals surface area contributed by atoms with Crippen LogP contribution in [0.15, 0.2) is 16.6 Å². The molecule has 0 aromatic heterocycles. The molecule has 3 nitrogen and oxygen atoms in total. The van der Waals surface area contributed by atoms with Gasteiger partial charge in [0.1, 0.15) is 0 Å². The van der Waals surface area contributed by atoms with Crippen molar-refractivity contribution in [3.05, 3.63) is 28.0 Å². The lowest BCUT2D eigenvalue weighted by atomic mass is 10.2. The minimum atomic E-state index is -0.339. The van der Waals surface area contributed by atoms with E-state index in [1.165, 1.54) is 0 Å². The average Bonchev–Trinajstić information content (AvgIpc) is 2.22. The summed E-state index contributed by atoms with van der Waals surface area (Å²) in [7, 11) is 1.73. The molecule has 0 radical (unpaired) electrons. The maximum Gasteiger partial charge on any atom is 0.160 e. The number of benzene rings is 1. The summed E-state index contributed by atoms with van der Waals surface area (Å²) in [5.41, 5.74) is 6.64. The van der Waals surface area contributed by atoms with Crippen molar-refractivity contribution in [3.63, 3.8) is 0 Å². The van der Waals surface area contributed by atoms with Crippen molar-refractivity contribution >= 4 is 21.6 Å². The van der Waals surface area contributed by atoms with E-state index in [9.17, 15) is 4.39 Å². The number of aliphatic hydroxyl groups excluding tert-OH is 1. The van der Waals surface area contributed by atoms with E-state index in [4.69, 9.17) is 10.8 Å². The molecule has 0 aliphatic heterocycles. The normalized spacial score (nSPS) is 10.5. The van der Waals surface area contributed by atoms with Gasteiger partial charge < -0.3 is 15.7 Å². The van der Waals surface area contributed by atoms with E-state index < -0.39 is 0 Å². The highest BCUT2D eigenvalue weighted by Crippen LogP contribution is 2.28. The summed E-state index contributed by atoms with van der Waals surface area (Å²) >= 11 is 3.17. The Kier molecular flexibility index (Phi) is 4.50. The average molecular weight is 277 g/mol. The molecular weight excluding hydrogens is 263 g/mol. The molecule has 0 saturated carbocycles. The third-order valence-corrected chi connectivity index (χ3v) is 3.07. The van der Waals surface area contributed by atoms with Gasteiger partial charge in [0.25, 0.3) is 0 Å². The number of hydrogen-bond donors (Lipinski definition) is 2. The van der Waals surface area contributed by atoms with Crippen molar-refractivity contribution in [1.82, 2.24) is 0 Å². The number of rotatable bonds is 4. The van der Waals surface area contributed by atoms with Crippen LogP contribution < -0.4 is 10.6 Å². The molecule has 1 aromatic rings. The van der Waals surface area contributed by atoms with Gasteiger partial charge in [0.15, 0.2) is 5.82 Å². The zero-order valence-electron chi connectivity index (χ0n) is 8.50. The van der Waals surface area contributed by atoms with Crippen LogP contribution in [-0.2, 0) is 6.54 Å².